The van der Waals surface area contributed by atoms with E-state index in [0.29, 0.717) is 0 Å². The molecule has 0 aliphatic rings. The first-order valence-electron chi connectivity index (χ1n) is 7.57. The Morgan fingerprint density at radius 2 is 1.81 bits per heavy atom. The molecule has 0 aliphatic heterocycles. The largest absolute Gasteiger partial charge is 0.313 e. The summed E-state index contributed by atoms with van der Waals surface area (Å²) < 4.78 is 0. The minimum atomic E-state index is 0.874. The molecule has 1 aromatic carbocycles. The van der Waals surface area contributed by atoms with E-state index in [4.69, 9.17) is 0 Å². The van der Waals surface area contributed by atoms with Crippen molar-refractivity contribution >= 4 is 0 Å². The number of nitrogens with one attached hydrogen (secondary N) is 1. The number of nitrogens with zero attached hydrogens (tertiary/aromatic N) is 2. The van der Waals surface area contributed by atoms with Crippen molar-refractivity contribution in [3.8, 4) is 0 Å². The summed E-state index contributed by atoms with van der Waals surface area (Å²) in [5, 5.41) is 3.37. The molecule has 0 amide bonds. The molecule has 1 aromatic heterocycles. The van der Waals surface area contributed by atoms with E-state index in [2.05, 4.69) is 65.6 Å². The lowest BCUT2D eigenvalue weighted by Crippen LogP contribution is -2.18. The third kappa shape index (κ3) is 5.29. The Kier molecular flexibility index (Phi) is 5.90. The monoisotopic (exact) mass is 283 g/mol. The predicted octanol–water partition coefficient (Wildman–Crippen LogP) is 3.13. The molecule has 0 saturated carbocycles. The van der Waals surface area contributed by atoms with Crippen LogP contribution in [0, 0.1) is 6.92 Å². The van der Waals surface area contributed by atoms with Gasteiger partial charge in [0, 0.05) is 25.3 Å². The van der Waals surface area contributed by atoms with Gasteiger partial charge in [0.05, 0.1) is 5.69 Å². The van der Waals surface area contributed by atoms with Gasteiger partial charge in [0.2, 0.25) is 0 Å². The lowest BCUT2D eigenvalue weighted by molar-refractivity contribution is 0.315. The summed E-state index contributed by atoms with van der Waals surface area (Å²) in [6, 6.07) is 15.0. The summed E-state index contributed by atoms with van der Waals surface area (Å²) >= 11 is 0. The van der Waals surface area contributed by atoms with Gasteiger partial charge < -0.3 is 5.32 Å². The smallest absolute Gasteiger partial charge is 0.0547 e. The first-order chi connectivity index (χ1) is 10.2. The van der Waals surface area contributed by atoms with E-state index >= 15 is 0 Å². The maximum Gasteiger partial charge on any atom is 0.0547 e. The number of hydrogen-bond donors (Lipinski definition) is 1. The van der Waals surface area contributed by atoms with Crippen LogP contribution in [0.4, 0.5) is 0 Å². The number of aryl methyl sites for hydroxylation is 1. The Morgan fingerprint density at radius 1 is 1.05 bits per heavy atom. The molecule has 2 aromatic rings. The first kappa shape index (κ1) is 15.7. The predicted molar refractivity (Wildman–Crippen MR) is 88.0 cm³/mol. The summed E-state index contributed by atoms with van der Waals surface area (Å²) in [5.41, 5.74) is 4.90. The molecule has 112 valence electrons. The molecule has 0 bridgehead atoms. The van der Waals surface area contributed by atoms with Gasteiger partial charge in [-0.05, 0) is 43.8 Å². The molecule has 0 aliphatic carbocycles. The normalized spacial score (nSPS) is 11.0. The molecule has 0 saturated heterocycles. The van der Waals surface area contributed by atoms with Crippen molar-refractivity contribution in [3.05, 3.63) is 65.0 Å². The third-order valence-electron chi connectivity index (χ3n) is 3.40. The van der Waals surface area contributed by atoms with E-state index in [9.17, 15) is 0 Å². The summed E-state index contributed by atoms with van der Waals surface area (Å²) in [6.07, 6.45) is 0. The molecule has 0 atom stereocenters. The summed E-state index contributed by atoms with van der Waals surface area (Å²) in [6.45, 7) is 7.92. The highest BCUT2D eigenvalue weighted by molar-refractivity contribution is 5.23. The molecule has 0 radical (unpaired) electrons. The van der Waals surface area contributed by atoms with Crippen LogP contribution in [-0.4, -0.2) is 23.5 Å². The van der Waals surface area contributed by atoms with Gasteiger partial charge in [-0.2, -0.15) is 0 Å². The lowest BCUT2D eigenvalue weighted by atomic mass is 10.1. The van der Waals surface area contributed by atoms with Gasteiger partial charge >= 0.3 is 0 Å². The van der Waals surface area contributed by atoms with Crippen LogP contribution in [0.2, 0.25) is 0 Å². The van der Waals surface area contributed by atoms with Gasteiger partial charge in [0.1, 0.15) is 0 Å². The summed E-state index contributed by atoms with van der Waals surface area (Å²) in [4.78, 5) is 6.86. The van der Waals surface area contributed by atoms with E-state index in [1.54, 1.807) is 0 Å². The van der Waals surface area contributed by atoms with Gasteiger partial charge in [0.25, 0.3) is 0 Å². The van der Waals surface area contributed by atoms with Crippen LogP contribution in [0.1, 0.15) is 29.4 Å². The topological polar surface area (TPSA) is 28.2 Å². The van der Waals surface area contributed by atoms with Crippen LogP contribution in [0.3, 0.4) is 0 Å². The fourth-order valence-electron chi connectivity index (χ4n) is 2.44. The highest BCUT2D eigenvalue weighted by atomic mass is 15.1. The minimum Gasteiger partial charge on any atom is -0.313 e. The van der Waals surface area contributed by atoms with E-state index < -0.39 is 0 Å². The average Bonchev–Trinajstić information content (AvgIpc) is 2.45. The van der Waals surface area contributed by atoms with E-state index in [1.165, 1.54) is 11.1 Å². The van der Waals surface area contributed by atoms with E-state index in [0.717, 1.165) is 37.6 Å². The molecule has 3 nitrogen and oxygen atoms in total. The number of hydrogen-bond acceptors (Lipinski definition) is 3. The van der Waals surface area contributed by atoms with Crippen molar-refractivity contribution in [1.82, 2.24) is 15.2 Å². The third-order valence-corrected chi connectivity index (χ3v) is 3.40. The lowest BCUT2D eigenvalue weighted by Gasteiger charge is -2.17. The van der Waals surface area contributed by atoms with Crippen molar-refractivity contribution in [2.24, 2.45) is 0 Å². The Morgan fingerprint density at radius 3 is 2.57 bits per heavy atom. The Labute approximate surface area is 128 Å². The van der Waals surface area contributed by atoms with E-state index in [-0.39, 0.29) is 0 Å². The fraction of sp³-hybridized carbons (Fsp3) is 0.389. The van der Waals surface area contributed by atoms with Crippen LogP contribution in [0.25, 0.3) is 0 Å². The van der Waals surface area contributed by atoms with Gasteiger partial charge in [-0.1, -0.05) is 37.3 Å². The molecule has 3 heteroatoms. The maximum absolute atomic E-state index is 4.56. The number of pyridine rings is 1. The van der Waals surface area contributed by atoms with Crippen molar-refractivity contribution < 1.29 is 0 Å². The molecule has 2 rings (SSSR count). The first-order valence-corrected chi connectivity index (χ1v) is 7.57. The molecule has 21 heavy (non-hydrogen) atoms. The van der Waals surface area contributed by atoms with Crippen LogP contribution >= 0.6 is 0 Å². The van der Waals surface area contributed by atoms with Crippen molar-refractivity contribution in [2.45, 2.75) is 33.5 Å². The second-order valence-corrected chi connectivity index (χ2v) is 5.54. The van der Waals surface area contributed by atoms with Crippen LogP contribution in [-0.2, 0) is 19.6 Å². The zero-order valence-corrected chi connectivity index (χ0v) is 13.3. The van der Waals surface area contributed by atoms with Gasteiger partial charge in [-0.3, -0.25) is 9.88 Å². The molecular formula is C18H25N3. The quantitative estimate of drug-likeness (QED) is 0.846. The molecule has 0 fully saturated rings. The van der Waals surface area contributed by atoms with E-state index in [1.807, 2.05) is 13.0 Å². The highest BCUT2D eigenvalue weighted by Crippen LogP contribution is 2.10. The zero-order chi connectivity index (χ0) is 15.1. The minimum absolute atomic E-state index is 0.874. The van der Waals surface area contributed by atoms with Crippen LogP contribution in [0.5, 0.6) is 0 Å². The molecule has 1 N–H and O–H groups in total. The standard InChI is InChI=1S/C18H25N3/c1-4-19-12-16-8-6-9-17(11-16)13-21(3)14-18-10-5-7-15(2)20-18/h5-11,19H,4,12-14H2,1-3H3. The van der Waals surface area contributed by atoms with Gasteiger partial charge in [-0.25, -0.2) is 0 Å². The summed E-state index contributed by atoms with van der Waals surface area (Å²) in [5.74, 6) is 0. The zero-order valence-electron chi connectivity index (χ0n) is 13.3. The van der Waals surface area contributed by atoms with Gasteiger partial charge in [0.15, 0.2) is 0 Å². The van der Waals surface area contributed by atoms with Crippen molar-refractivity contribution in [3.63, 3.8) is 0 Å². The number of benzene rings is 1. The molecule has 0 spiro atoms. The summed E-state index contributed by atoms with van der Waals surface area (Å²) in [7, 11) is 2.14. The molecular weight excluding hydrogens is 258 g/mol. The SMILES string of the molecule is CCNCc1cccc(CN(C)Cc2cccc(C)n2)c1. The Balaban J connectivity index is 1.94. The molecule has 1 heterocycles. The van der Waals surface area contributed by atoms with Crippen LogP contribution < -0.4 is 5.32 Å². The van der Waals surface area contributed by atoms with Crippen molar-refractivity contribution in [1.29, 1.82) is 0 Å². The molecule has 0 unspecified atom stereocenters. The Hall–Kier alpha value is -1.71. The highest BCUT2D eigenvalue weighted by Gasteiger charge is 2.04. The Bertz CT molecular complexity index is 566. The number of aromatic nitrogens is 1. The second-order valence-electron chi connectivity index (χ2n) is 5.54. The number of rotatable bonds is 7. The van der Waals surface area contributed by atoms with Crippen molar-refractivity contribution in [2.75, 3.05) is 13.6 Å². The fourth-order valence-corrected chi connectivity index (χ4v) is 2.44. The van der Waals surface area contributed by atoms with Gasteiger partial charge in [-0.15, -0.1) is 0 Å². The maximum atomic E-state index is 4.56. The second kappa shape index (κ2) is 7.91. The average molecular weight is 283 g/mol. The van der Waals surface area contributed by atoms with Crippen LogP contribution in [0.15, 0.2) is 42.5 Å².